The fourth-order valence-corrected chi connectivity index (χ4v) is 5.59. The van der Waals surface area contributed by atoms with Gasteiger partial charge in [0.25, 0.3) is 5.56 Å². The van der Waals surface area contributed by atoms with E-state index < -0.39 is 12.3 Å². The summed E-state index contributed by atoms with van der Waals surface area (Å²) in [6, 6.07) is 15.9. The molecule has 7 nitrogen and oxygen atoms in total. The van der Waals surface area contributed by atoms with E-state index in [4.69, 9.17) is 4.74 Å². The average Bonchev–Trinajstić information content (AvgIpc) is 2.91. The molecule has 0 spiro atoms. The van der Waals surface area contributed by atoms with Gasteiger partial charge in [-0.3, -0.25) is 14.6 Å². The molecule has 0 fully saturated rings. The van der Waals surface area contributed by atoms with E-state index in [0.717, 1.165) is 10.9 Å². The van der Waals surface area contributed by atoms with Crippen molar-refractivity contribution in [2.24, 2.45) is 0 Å². The molecular weight excluding hydrogens is 537 g/mol. The maximum atomic E-state index is 13.1. The number of alkyl halides is 3. The summed E-state index contributed by atoms with van der Waals surface area (Å²) >= 11 is 0. The van der Waals surface area contributed by atoms with Crippen LogP contribution in [0.5, 0.6) is 11.5 Å². The minimum Gasteiger partial charge on any atom is -0.493 e. The van der Waals surface area contributed by atoms with Crippen LogP contribution in [0.1, 0.15) is 22.3 Å². The number of fused-ring (bicyclic) bond motifs is 1. The minimum atomic E-state index is -4.85. The van der Waals surface area contributed by atoms with E-state index in [-0.39, 0.29) is 24.3 Å². The molecule has 1 aliphatic rings. The molecule has 0 saturated carbocycles. The van der Waals surface area contributed by atoms with Gasteiger partial charge in [-0.25, -0.2) is 0 Å². The zero-order valence-electron chi connectivity index (χ0n) is 21.8. The first kappa shape index (κ1) is 26.4. The molecule has 208 valence electrons. The van der Waals surface area contributed by atoms with Crippen LogP contribution in [0.2, 0.25) is 0 Å². The van der Waals surface area contributed by atoms with Crippen molar-refractivity contribution in [1.82, 2.24) is 9.55 Å². The molecular formula is C31H23F3N2O5. The number of ether oxygens (including phenoxy) is 2. The van der Waals surface area contributed by atoms with Gasteiger partial charge in [-0.1, -0.05) is 12.1 Å². The Hall–Kier alpha value is -4.86. The average molecular weight is 561 g/mol. The maximum absolute atomic E-state index is 13.1. The number of aliphatic carboxylic acids is 1. The summed E-state index contributed by atoms with van der Waals surface area (Å²) in [6.07, 6.45) is -2.68. The summed E-state index contributed by atoms with van der Waals surface area (Å²) in [7, 11) is 0. The Morgan fingerprint density at radius 2 is 1.95 bits per heavy atom. The molecule has 0 bridgehead atoms. The van der Waals surface area contributed by atoms with E-state index in [0.29, 0.717) is 63.0 Å². The minimum absolute atomic E-state index is 0.0295. The highest BCUT2D eigenvalue weighted by Crippen LogP contribution is 2.42. The molecule has 3 aromatic carbocycles. The lowest BCUT2D eigenvalue weighted by atomic mass is 9.87. The van der Waals surface area contributed by atoms with Gasteiger partial charge in [0.2, 0.25) is 0 Å². The predicted molar refractivity (Wildman–Crippen MR) is 146 cm³/mol. The zero-order chi connectivity index (χ0) is 28.9. The third-order valence-corrected chi connectivity index (χ3v) is 7.26. The van der Waals surface area contributed by atoms with Crippen LogP contribution in [0.15, 0.2) is 71.7 Å². The largest absolute Gasteiger partial charge is 0.573 e. The molecule has 41 heavy (non-hydrogen) atoms. The highest BCUT2D eigenvalue weighted by atomic mass is 19.4. The van der Waals surface area contributed by atoms with Crippen molar-refractivity contribution in [2.45, 2.75) is 32.7 Å². The predicted octanol–water partition coefficient (Wildman–Crippen LogP) is 6.03. The highest BCUT2D eigenvalue weighted by Gasteiger charge is 2.31. The number of hydrogen-bond donors (Lipinski definition) is 1. The Labute approximate surface area is 231 Å². The van der Waals surface area contributed by atoms with E-state index in [9.17, 15) is 27.9 Å². The fraction of sp³-hybridized carbons (Fsp3) is 0.194. The second-order valence-electron chi connectivity index (χ2n) is 9.91. The van der Waals surface area contributed by atoms with E-state index in [1.807, 2.05) is 18.2 Å². The number of pyridine rings is 2. The molecule has 0 radical (unpaired) electrons. The molecule has 0 unspecified atom stereocenters. The first-order chi connectivity index (χ1) is 19.6. The van der Waals surface area contributed by atoms with Crippen LogP contribution in [-0.4, -0.2) is 33.6 Å². The number of rotatable bonds is 6. The molecule has 5 aromatic rings. The van der Waals surface area contributed by atoms with Crippen molar-refractivity contribution in [3.05, 3.63) is 99.5 Å². The lowest BCUT2D eigenvalue weighted by Gasteiger charge is -2.22. The SMILES string of the molecule is Cc1cc2c(ccc(=O)n2Cc2cccc(OC(F)(F)F)c2)c(-c2ccc3c4c(ccnc24)CCO3)c1CC(=O)O. The Balaban J connectivity index is 1.60. The molecule has 0 amide bonds. The van der Waals surface area contributed by atoms with Crippen molar-refractivity contribution >= 4 is 27.8 Å². The van der Waals surface area contributed by atoms with Crippen LogP contribution in [0, 0.1) is 6.92 Å². The second-order valence-corrected chi connectivity index (χ2v) is 9.91. The van der Waals surface area contributed by atoms with Crippen molar-refractivity contribution in [2.75, 3.05) is 6.61 Å². The summed E-state index contributed by atoms with van der Waals surface area (Å²) in [6.45, 7) is 2.30. The van der Waals surface area contributed by atoms with Gasteiger partial charge in [-0.15, -0.1) is 13.2 Å². The first-order valence-corrected chi connectivity index (χ1v) is 12.9. The van der Waals surface area contributed by atoms with Crippen LogP contribution < -0.4 is 15.0 Å². The summed E-state index contributed by atoms with van der Waals surface area (Å²) in [5, 5.41) is 11.3. The van der Waals surface area contributed by atoms with Crippen LogP contribution >= 0.6 is 0 Å². The van der Waals surface area contributed by atoms with E-state index in [1.165, 1.54) is 28.8 Å². The molecule has 10 heteroatoms. The Morgan fingerprint density at radius 3 is 2.73 bits per heavy atom. The quantitative estimate of drug-likeness (QED) is 0.273. The standard InChI is InChI=1S/C31H23F3N2O5/c1-17-13-24-21(6-8-26(37)36(24)16-18-3-2-4-20(14-18)41-31(32,33)34)29(23(17)15-27(38)39)22-5-7-25-28-19(10-12-40-25)9-11-35-30(22)28/h2-9,11,13-14H,10,12,15-16H2,1H3,(H,38,39). The molecule has 0 saturated heterocycles. The number of aromatic nitrogens is 2. The van der Waals surface area contributed by atoms with Crippen LogP contribution in [0.4, 0.5) is 13.2 Å². The second kappa shape index (κ2) is 9.96. The molecule has 2 aromatic heterocycles. The number of hydrogen-bond acceptors (Lipinski definition) is 5. The monoisotopic (exact) mass is 560 g/mol. The number of aryl methyl sites for hydroxylation is 1. The Bertz CT molecular complexity index is 1900. The topological polar surface area (TPSA) is 90.7 Å². The maximum Gasteiger partial charge on any atom is 0.573 e. The molecule has 0 aliphatic carbocycles. The van der Waals surface area contributed by atoms with Crippen molar-refractivity contribution in [3.63, 3.8) is 0 Å². The van der Waals surface area contributed by atoms with Crippen LogP contribution in [0.25, 0.3) is 32.9 Å². The van der Waals surface area contributed by atoms with Gasteiger partial charge in [0.1, 0.15) is 11.5 Å². The van der Waals surface area contributed by atoms with Gasteiger partial charge in [-0.05, 0) is 77.2 Å². The Morgan fingerprint density at radius 1 is 1.12 bits per heavy atom. The fourth-order valence-electron chi connectivity index (χ4n) is 5.59. The highest BCUT2D eigenvalue weighted by molar-refractivity contribution is 6.08. The van der Waals surface area contributed by atoms with Crippen LogP contribution in [-0.2, 0) is 24.2 Å². The number of carboxylic acid groups (broad SMARTS) is 1. The number of nitrogens with zero attached hydrogens (tertiary/aromatic N) is 2. The summed E-state index contributed by atoms with van der Waals surface area (Å²) < 4.78 is 49.8. The van der Waals surface area contributed by atoms with Gasteiger partial charge in [0.05, 0.1) is 30.6 Å². The van der Waals surface area contributed by atoms with Gasteiger partial charge < -0.3 is 19.1 Å². The van der Waals surface area contributed by atoms with E-state index >= 15 is 0 Å². The van der Waals surface area contributed by atoms with Gasteiger partial charge in [0.15, 0.2) is 0 Å². The van der Waals surface area contributed by atoms with Crippen molar-refractivity contribution in [3.8, 4) is 22.6 Å². The van der Waals surface area contributed by atoms with Crippen LogP contribution in [0.3, 0.4) is 0 Å². The smallest absolute Gasteiger partial charge is 0.493 e. The lowest BCUT2D eigenvalue weighted by Crippen LogP contribution is -2.21. The van der Waals surface area contributed by atoms with Gasteiger partial charge >= 0.3 is 12.3 Å². The molecule has 0 atom stereocenters. The zero-order valence-corrected chi connectivity index (χ0v) is 21.8. The summed E-state index contributed by atoms with van der Waals surface area (Å²) in [5.41, 5.74) is 4.88. The normalized spacial score (nSPS) is 12.9. The number of halogens is 3. The third-order valence-electron chi connectivity index (χ3n) is 7.26. The molecule has 3 heterocycles. The number of benzene rings is 3. The lowest BCUT2D eigenvalue weighted by molar-refractivity contribution is -0.274. The number of carbonyl (C=O) groups is 1. The molecule has 1 N–H and O–H groups in total. The van der Waals surface area contributed by atoms with E-state index in [1.54, 1.807) is 31.3 Å². The number of carboxylic acids is 1. The van der Waals surface area contributed by atoms with E-state index in [2.05, 4.69) is 9.72 Å². The molecule has 1 aliphatic heterocycles. The Kier molecular flexibility index (Phi) is 6.40. The third kappa shape index (κ3) is 4.97. The van der Waals surface area contributed by atoms with Gasteiger partial charge in [0, 0.05) is 35.0 Å². The first-order valence-electron chi connectivity index (χ1n) is 12.9. The van der Waals surface area contributed by atoms with Crippen molar-refractivity contribution < 1.29 is 32.5 Å². The summed E-state index contributed by atoms with van der Waals surface area (Å²) in [5.74, 6) is -0.698. The van der Waals surface area contributed by atoms with Crippen molar-refractivity contribution in [1.29, 1.82) is 0 Å². The molecule has 6 rings (SSSR count). The van der Waals surface area contributed by atoms with Gasteiger partial charge in [-0.2, -0.15) is 0 Å². The summed E-state index contributed by atoms with van der Waals surface area (Å²) in [4.78, 5) is 29.8.